The number of hydrogen-bond acceptors (Lipinski definition) is 3. The highest BCUT2D eigenvalue weighted by atomic mass is 16.5. The van der Waals surface area contributed by atoms with E-state index in [0.717, 1.165) is 24.4 Å². The molecule has 0 aliphatic heterocycles. The maximum atomic E-state index is 11.7. The molecule has 1 rings (SSSR count). The molecule has 0 aromatic carbocycles. The Morgan fingerprint density at radius 2 is 2.28 bits per heavy atom. The van der Waals surface area contributed by atoms with Gasteiger partial charge in [-0.15, -0.1) is 0 Å². The second kappa shape index (κ2) is 7.16. The average Bonchev–Trinajstić information content (AvgIpc) is 2.67. The van der Waals surface area contributed by atoms with Gasteiger partial charge in [0, 0.05) is 25.4 Å². The molecule has 5 heteroatoms. The summed E-state index contributed by atoms with van der Waals surface area (Å²) in [7, 11) is 0. The van der Waals surface area contributed by atoms with Crippen LogP contribution in [0.1, 0.15) is 31.7 Å². The smallest absolute Gasteiger partial charge is 0.248 e. The van der Waals surface area contributed by atoms with Gasteiger partial charge in [0.2, 0.25) is 5.91 Å². The number of amides is 1. The van der Waals surface area contributed by atoms with Crippen LogP contribution in [0.4, 0.5) is 0 Å². The fourth-order valence-corrected chi connectivity index (χ4v) is 1.58. The van der Waals surface area contributed by atoms with E-state index in [-0.39, 0.29) is 12.0 Å². The van der Waals surface area contributed by atoms with Gasteiger partial charge in [0.15, 0.2) is 0 Å². The third kappa shape index (κ3) is 4.14. The highest BCUT2D eigenvalue weighted by Crippen LogP contribution is 2.03. The van der Waals surface area contributed by atoms with E-state index < -0.39 is 0 Å². The molecule has 0 aliphatic carbocycles. The highest BCUT2D eigenvalue weighted by Gasteiger charge is 2.12. The van der Waals surface area contributed by atoms with Crippen molar-refractivity contribution < 1.29 is 9.53 Å². The highest BCUT2D eigenvalue weighted by molar-refractivity contribution is 5.80. The standard InChI is InChI=1S/C13H23N3O2/c1-5-8-18-12(4)13(17)14-6-7-16-9-15-10(2)11(16)3/h9,12H,5-8H2,1-4H3,(H,14,17). The fraction of sp³-hybridized carbons (Fsp3) is 0.692. The molecule has 1 atom stereocenters. The van der Waals surface area contributed by atoms with E-state index in [9.17, 15) is 4.79 Å². The summed E-state index contributed by atoms with van der Waals surface area (Å²) in [5.74, 6) is -0.0575. The minimum atomic E-state index is -0.379. The molecule has 102 valence electrons. The zero-order chi connectivity index (χ0) is 13.5. The zero-order valence-electron chi connectivity index (χ0n) is 11.7. The Bertz CT molecular complexity index is 388. The summed E-state index contributed by atoms with van der Waals surface area (Å²) in [5, 5.41) is 2.86. The average molecular weight is 253 g/mol. The van der Waals surface area contributed by atoms with Gasteiger partial charge in [0.25, 0.3) is 0 Å². The molecule has 0 aliphatic rings. The number of aryl methyl sites for hydroxylation is 1. The van der Waals surface area contributed by atoms with Crippen molar-refractivity contribution >= 4 is 5.91 Å². The molecule has 18 heavy (non-hydrogen) atoms. The van der Waals surface area contributed by atoms with Gasteiger partial charge in [-0.2, -0.15) is 0 Å². The summed E-state index contributed by atoms with van der Waals surface area (Å²) in [6.07, 6.45) is 2.34. The molecule has 1 heterocycles. The third-order valence-corrected chi connectivity index (χ3v) is 2.94. The number of carbonyl (C=O) groups is 1. The van der Waals surface area contributed by atoms with Crippen LogP contribution in [0.3, 0.4) is 0 Å². The number of nitrogens with zero attached hydrogens (tertiary/aromatic N) is 2. The number of carbonyl (C=O) groups excluding carboxylic acids is 1. The van der Waals surface area contributed by atoms with Gasteiger partial charge in [0.1, 0.15) is 6.10 Å². The molecule has 1 aromatic rings. The van der Waals surface area contributed by atoms with Gasteiger partial charge in [-0.25, -0.2) is 4.98 Å². The number of aromatic nitrogens is 2. The zero-order valence-corrected chi connectivity index (χ0v) is 11.7. The quantitative estimate of drug-likeness (QED) is 0.800. The van der Waals surface area contributed by atoms with Crippen LogP contribution in [0.15, 0.2) is 6.33 Å². The van der Waals surface area contributed by atoms with Gasteiger partial charge in [-0.3, -0.25) is 4.79 Å². The number of ether oxygens (including phenoxy) is 1. The lowest BCUT2D eigenvalue weighted by atomic mass is 10.3. The van der Waals surface area contributed by atoms with Crippen LogP contribution in [0.5, 0.6) is 0 Å². The van der Waals surface area contributed by atoms with Crippen molar-refractivity contribution in [1.82, 2.24) is 14.9 Å². The molecule has 1 aromatic heterocycles. The first-order chi connectivity index (χ1) is 8.56. The minimum absolute atomic E-state index is 0.0575. The molecule has 0 bridgehead atoms. The Hall–Kier alpha value is -1.36. The van der Waals surface area contributed by atoms with E-state index in [1.54, 1.807) is 13.3 Å². The maximum Gasteiger partial charge on any atom is 0.248 e. The first kappa shape index (κ1) is 14.7. The van der Waals surface area contributed by atoms with Crippen molar-refractivity contribution in [2.24, 2.45) is 0 Å². The number of nitrogens with one attached hydrogen (secondary N) is 1. The predicted octanol–water partition coefficient (Wildman–Crippen LogP) is 1.43. The molecule has 1 amide bonds. The van der Waals surface area contributed by atoms with Crippen molar-refractivity contribution in [3.63, 3.8) is 0 Å². The van der Waals surface area contributed by atoms with Crippen LogP contribution in [-0.4, -0.2) is 34.7 Å². The van der Waals surface area contributed by atoms with Gasteiger partial charge >= 0.3 is 0 Å². The minimum Gasteiger partial charge on any atom is -0.369 e. The Kier molecular flexibility index (Phi) is 5.85. The van der Waals surface area contributed by atoms with E-state index in [2.05, 4.69) is 10.3 Å². The molecular weight excluding hydrogens is 230 g/mol. The fourth-order valence-electron chi connectivity index (χ4n) is 1.58. The lowest BCUT2D eigenvalue weighted by Crippen LogP contribution is -2.36. The van der Waals surface area contributed by atoms with E-state index >= 15 is 0 Å². The van der Waals surface area contributed by atoms with Crippen molar-refractivity contribution in [1.29, 1.82) is 0 Å². The molecule has 5 nitrogen and oxygen atoms in total. The lowest BCUT2D eigenvalue weighted by molar-refractivity contribution is -0.131. The number of rotatable bonds is 7. The summed E-state index contributed by atoms with van der Waals surface area (Å²) in [6.45, 7) is 9.75. The number of imidazole rings is 1. The van der Waals surface area contributed by atoms with E-state index in [0.29, 0.717) is 13.2 Å². The van der Waals surface area contributed by atoms with E-state index in [4.69, 9.17) is 4.74 Å². The van der Waals surface area contributed by atoms with Crippen molar-refractivity contribution in [3.8, 4) is 0 Å². The third-order valence-electron chi connectivity index (χ3n) is 2.94. The van der Waals surface area contributed by atoms with Crippen LogP contribution in [0.25, 0.3) is 0 Å². The Balaban J connectivity index is 2.29. The second-order valence-corrected chi connectivity index (χ2v) is 4.41. The molecule has 1 N–H and O–H groups in total. The summed E-state index contributed by atoms with van der Waals surface area (Å²) in [4.78, 5) is 15.9. The molecule has 0 fully saturated rings. The van der Waals surface area contributed by atoms with E-state index in [1.807, 2.05) is 25.3 Å². The second-order valence-electron chi connectivity index (χ2n) is 4.41. The Morgan fingerprint density at radius 1 is 1.56 bits per heavy atom. The molecule has 0 radical (unpaired) electrons. The van der Waals surface area contributed by atoms with Crippen LogP contribution >= 0.6 is 0 Å². The van der Waals surface area contributed by atoms with Gasteiger partial charge in [-0.05, 0) is 27.2 Å². The first-order valence-corrected chi connectivity index (χ1v) is 6.44. The van der Waals surface area contributed by atoms with Crippen molar-refractivity contribution in [2.75, 3.05) is 13.2 Å². The summed E-state index contributed by atoms with van der Waals surface area (Å²) < 4.78 is 7.39. The SMILES string of the molecule is CCCOC(C)C(=O)NCCn1cnc(C)c1C. The topological polar surface area (TPSA) is 56.1 Å². The normalized spacial score (nSPS) is 12.4. The monoisotopic (exact) mass is 253 g/mol. The van der Waals surface area contributed by atoms with Gasteiger partial charge in [-0.1, -0.05) is 6.92 Å². The molecule has 0 saturated heterocycles. The Morgan fingerprint density at radius 3 is 2.83 bits per heavy atom. The molecular formula is C13H23N3O2. The predicted molar refractivity (Wildman–Crippen MR) is 70.4 cm³/mol. The Labute approximate surface area is 109 Å². The lowest BCUT2D eigenvalue weighted by Gasteiger charge is -2.13. The van der Waals surface area contributed by atoms with Crippen LogP contribution in [0.2, 0.25) is 0 Å². The van der Waals surface area contributed by atoms with Crippen molar-refractivity contribution in [2.45, 2.75) is 46.8 Å². The van der Waals surface area contributed by atoms with Crippen LogP contribution in [0, 0.1) is 13.8 Å². The first-order valence-electron chi connectivity index (χ1n) is 6.44. The summed E-state index contributed by atoms with van der Waals surface area (Å²) >= 11 is 0. The summed E-state index contributed by atoms with van der Waals surface area (Å²) in [5.41, 5.74) is 2.17. The molecule has 0 saturated carbocycles. The van der Waals surface area contributed by atoms with Crippen LogP contribution in [-0.2, 0) is 16.1 Å². The van der Waals surface area contributed by atoms with Gasteiger partial charge in [0.05, 0.1) is 12.0 Å². The largest absolute Gasteiger partial charge is 0.369 e. The number of hydrogen-bond donors (Lipinski definition) is 1. The maximum absolute atomic E-state index is 11.7. The van der Waals surface area contributed by atoms with Gasteiger partial charge < -0.3 is 14.6 Å². The van der Waals surface area contributed by atoms with Crippen molar-refractivity contribution in [3.05, 3.63) is 17.7 Å². The van der Waals surface area contributed by atoms with Crippen LogP contribution < -0.4 is 5.32 Å². The van der Waals surface area contributed by atoms with E-state index in [1.165, 1.54) is 0 Å². The molecule has 0 spiro atoms. The summed E-state index contributed by atoms with van der Waals surface area (Å²) in [6, 6.07) is 0. The molecule has 1 unspecified atom stereocenters.